The van der Waals surface area contributed by atoms with Gasteiger partial charge in [-0.05, 0) is 32.4 Å². The van der Waals surface area contributed by atoms with Gasteiger partial charge in [0, 0.05) is 12.0 Å². The predicted octanol–water partition coefficient (Wildman–Crippen LogP) is 2.28. The average Bonchev–Trinajstić information content (AvgIpc) is 2.79. The van der Waals surface area contributed by atoms with E-state index in [-0.39, 0.29) is 0 Å². The van der Waals surface area contributed by atoms with Crippen molar-refractivity contribution >= 4 is 0 Å². The summed E-state index contributed by atoms with van der Waals surface area (Å²) >= 11 is 0. The quantitative estimate of drug-likeness (QED) is 0.817. The maximum absolute atomic E-state index is 10.7. The molecule has 1 aromatic carbocycles. The maximum atomic E-state index is 10.7. The molecule has 1 aliphatic rings. The van der Waals surface area contributed by atoms with Gasteiger partial charge in [-0.15, -0.1) is 0 Å². The summed E-state index contributed by atoms with van der Waals surface area (Å²) in [7, 11) is 1.99. The zero-order chi connectivity index (χ0) is 11.6. The Morgan fingerprint density at radius 2 is 1.94 bits per heavy atom. The molecule has 1 fully saturated rings. The van der Waals surface area contributed by atoms with E-state index < -0.39 is 5.60 Å². The summed E-state index contributed by atoms with van der Waals surface area (Å²) < 4.78 is 0. The number of hydrogen-bond donors (Lipinski definition) is 2. The summed E-state index contributed by atoms with van der Waals surface area (Å²) in [6.45, 7) is 1.95. The first kappa shape index (κ1) is 11.6. The van der Waals surface area contributed by atoms with E-state index in [0.29, 0.717) is 12.0 Å². The molecule has 0 spiro atoms. The lowest BCUT2D eigenvalue weighted by molar-refractivity contribution is -0.0132. The molecular formula is C14H21NO. The average molecular weight is 219 g/mol. The molecule has 1 aromatic rings. The smallest absolute Gasteiger partial charge is 0.0911 e. The van der Waals surface area contributed by atoms with Crippen molar-refractivity contribution in [3.05, 3.63) is 35.9 Å². The van der Waals surface area contributed by atoms with Crippen LogP contribution in [0.2, 0.25) is 0 Å². The highest BCUT2D eigenvalue weighted by atomic mass is 16.3. The molecule has 0 saturated heterocycles. The van der Waals surface area contributed by atoms with Crippen LogP contribution in [-0.2, 0) is 5.60 Å². The zero-order valence-corrected chi connectivity index (χ0v) is 10.1. The number of hydrogen-bond acceptors (Lipinski definition) is 2. The van der Waals surface area contributed by atoms with E-state index in [9.17, 15) is 5.11 Å². The number of rotatable bonds is 3. The van der Waals surface area contributed by atoms with Crippen molar-refractivity contribution in [2.75, 3.05) is 7.05 Å². The van der Waals surface area contributed by atoms with E-state index in [1.807, 2.05) is 44.3 Å². The molecule has 0 radical (unpaired) electrons. The summed E-state index contributed by atoms with van der Waals surface area (Å²) in [5.74, 6) is 0.319. The Morgan fingerprint density at radius 1 is 1.25 bits per heavy atom. The molecule has 0 aromatic heterocycles. The van der Waals surface area contributed by atoms with Crippen LogP contribution in [0.4, 0.5) is 0 Å². The fourth-order valence-electron chi connectivity index (χ4n) is 2.97. The van der Waals surface area contributed by atoms with E-state index in [0.717, 1.165) is 12.0 Å². The lowest BCUT2D eigenvalue weighted by atomic mass is 9.80. The molecule has 16 heavy (non-hydrogen) atoms. The van der Waals surface area contributed by atoms with Crippen LogP contribution in [0.5, 0.6) is 0 Å². The third-order valence-electron chi connectivity index (χ3n) is 3.97. The number of nitrogens with one attached hydrogen (secondary N) is 1. The fraction of sp³-hybridized carbons (Fsp3) is 0.571. The minimum Gasteiger partial charge on any atom is -0.385 e. The number of benzene rings is 1. The van der Waals surface area contributed by atoms with Crippen molar-refractivity contribution in [2.45, 2.75) is 37.8 Å². The lowest BCUT2D eigenvalue weighted by Crippen LogP contribution is -2.42. The van der Waals surface area contributed by atoms with Crippen molar-refractivity contribution in [1.29, 1.82) is 0 Å². The Hall–Kier alpha value is -0.860. The first-order chi connectivity index (χ1) is 7.66. The van der Waals surface area contributed by atoms with Gasteiger partial charge >= 0.3 is 0 Å². The summed E-state index contributed by atoms with van der Waals surface area (Å²) in [5.41, 5.74) is 0.313. The molecular weight excluding hydrogens is 198 g/mol. The minimum absolute atomic E-state index is 0.319. The summed E-state index contributed by atoms with van der Waals surface area (Å²) in [5, 5.41) is 14.1. The highest BCUT2D eigenvalue weighted by Crippen LogP contribution is 2.40. The van der Waals surface area contributed by atoms with Gasteiger partial charge in [-0.25, -0.2) is 0 Å². The van der Waals surface area contributed by atoms with Gasteiger partial charge < -0.3 is 10.4 Å². The van der Waals surface area contributed by atoms with Gasteiger partial charge in [0.05, 0.1) is 5.60 Å². The van der Waals surface area contributed by atoms with Gasteiger partial charge in [0.15, 0.2) is 0 Å². The maximum Gasteiger partial charge on any atom is 0.0911 e. The molecule has 2 heteroatoms. The SMILES string of the molecule is CN[C@H]1CCC[C@H]1C(C)(O)c1ccccc1. The lowest BCUT2D eigenvalue weighted by Gasteiger charge is -2.34. The second-order valence-corrected chi connectivity index (χ2v) is 4.95. The molecule has 0 heterocycles. The van der Waals surface area contributed by atoms with Crippen molar-refractivity contribution in [3.8, 4) is 0 Å². The molecule has 2 rings (SSSR count). The van der Waals surface area contributed by atoms with Crippen molar-refractivity contribution in [3.63, 3.8) is 0 Å². The van der Waals surface area contributed by atoms with Crippen molar-refractivity contribution in [1.82, 2.24) is 5.32 Å². The first-order valence-corrected chi connectivity index (χ1v) is 6.11. The summed E-state index contributed by atoms with van der Waals surface area (Å²) in [6.07, 6.45) is 3.48. The minimum atomic E-state index is -0.717. The normalized spacial score (nSPS) is 28.9. The Labute approximate surface area is 97.7 Å². The Kier molecular flexibility index (Phi) is 3.31. The molecule has 88 valence electrons. The number of aliphatic hydroxyl groups is 1. The zero-order valence-electron chi connectivity index (χ0n) is 10.1. The van der Waals surface area contributed by atoms with Crippen LogP contribution >= 0.6 is 0 Å². The van der Waals surface area contributed by atoms with Crippen molar-refractivity contribution in [2.24, 2.45) is 5.92 Å². The second kappa shape index (κ2) is 4.56. The summed E-state index contributed by atoms with van der Waals surface area (Å²) in [4.78, 5) is 0. The van der Waals surface area contributed by atoms with E-state index in [1.165, 1.54) is 12.8 Å². The topological polar surface area (TPSA) is 32.3 Å². The van der Waals surface area contributed by atoms with Crippen LogP contribution < -0.4 is 5.32 Å². The largest absolute Gasteiger partial charge is 0.385 e. The molecule has 1 saturated carbocycles. The third-order valence-corrected chi connectivity index (χ3v) is 3.97. The monoisotopic (exact) mass is 219 g/mol. The molecule has 0 bridgehead atoms. The molecule has 0 amide bonds. The van der Waals surface area contributed by atoms with E-state index >= 15 is 0 Å². The van der Waals surface area contributed by atoms with Gasteiger partial charge in [-0.2, -0.15) is 0 Å². The highest BCUT2D eigenvalue weighted by molar-refractivity contribution is 5.23. The third kappa shape index (κ3) is 2.00. The van der Waals surface area contributed by atoms with Gasteiger partial charge in [-0.1, -0.05) is 36.8 Å². The molecule has 1 unspecified atom stereocenters. The van der Waals surface area contributed by atoms with E-state index in [1.54, 1.807) is 0 Å². The highest BCUT2D eigenvalue weighted by Gasteiger charge is 2.40. The van der Waals surface area contributed by atoms with Crippen LogP contribution in [0.1, 0.15) is 31.7 Å². The van der Waals surface area contributed by atoms with Gasteiger partial charge in [0.2, 0.25) is 0 Å². The van der Waals surface area contributed by atoms with Crippen molar-refractivity contribution < 1.29 is 5.11 Å². The molecule has 2 nitrogen and oxygen atoms in total. The Bertz CT molecular complexity index is 334. The van der Waals surface area contributed by atoms with Crippen LogP contribution in [0, 0.1) is 5.92 Å². The summed E-state index contributed by atoms with van der Waals surface area (Å²) in [6, 6.07) is 10.5. The standard InChI is InChI=1S/C14H21NO/c1-14(16,11-7-4-3-5-8-11)12-9-6-10-13(12)15-2/h3-5,7-8,12-13,15-16H,6,9-10H2,1-2H3/t12-,13+,14?/m1/s1. The molecule has 3 atom stereocenters. The van der Waals surface area contributed by atoms with Gasteiger partial charge in [-0.3, -0.25) is 0 Å². The molecule has 2 N–H and O–H groups in total. The van der Waals surface area contributed by atoms with Crippen LogP contribution in [-0.4, -0.2) is 18.2 Å². The Morgan fingerprint density at radius 3 is 2.56 bits per heavy atom. The van der Waals surface area contributed by atoms with Crippen LogP contribution in [0.15, 0.2) is 30.3 Å². The fourth-order valence-corrected chi connectivity index (χ4v) is 2.97. The van der Waals surface area contributed by atoms with Gasteiger partial charge in [0.25, 0.3) is 0 Å². The van der Waals surface area contributed by atoms with E-state index in [4.69, 9.17) is 0 Å². The van der Waals surface area contributed by atoms with Crippen LogP contribution in [0.25, 0.3) is 0 Å². The van der Waals surface area contributed by atoms with E-state index in [2.05, 4.69) is 5.32 Å². The first-order valence-electron chi connectivity index (χ1n) is 6.11. The predicted molar refractivity (Wildman–Crippen MR) is 66.2 cm³/mol. The van der Waals surface area contributed by atoms with Gasteiger partial charge in [0.1, 0.15) is 0 Å². The second-order valence-electron chi connectivity index (χ2n) is 4.95. The van der Waals surface area contributed by atoms with Crippen LogP contribution in [0.3, 0.4) is 0 Å². The Balaban J connectivity index is 2.24. The molecule has 1 aliphatic carbocycles. The molecule has 0 aliphatic heterocycles.